The van der Waals surface area contributed by atoms with Crippen LogP contribution in [0.25, 0.3) is 28.2 Å². The monoisotopic (exact) mass is 456 g/mol. The highest BCUT2D eigenvalue weighted by atomic mass is 16.5. The molecule has 1 saturated heterocycles. The van der Waals surface area contributed by atoms with E-state index in [0.29, 0.717) is 0 Å². The molecule has 2 aromatic heterocycles. The van der Waals surface area contributed by atoms with E-state index in [1.165, 1.54) is 11.3 Å². The molecular formula is C27H32N6O. The van der Waals surface area contributed by atoms with Gasteiger partial charge in [-0.15, -0.1) is 5.10 Å². The fraction of sp³-hybridized carbons (Fsp3) is 0.333. The number of piperazine rings is 1. The van der Waals surface area contributed by atoms with Crippen molar-refractivity contribution in [1.82, 2.24) is 19.5 Å². The lowest BCUT2D eigenvalue weighted by molar-refractivity contribution is -0.0212. The maximum atomic E-state index is 5.46. The molecule has 1 fully saturated rings. The molecule has 0 bridgehead atoms. The number of rotatable bonds is 6. The number of ether oxygens (including phenoxy) is 1. The quantitative estimate of drug-likeness (QED) is 0.460. The van der Waals surface area contributed by atoms with Crippen molar-refractivity contribution in [1.29, 1.82) is 0 Å². The number of nitrogens with zero attached hydrogens (tertiary/aromatic N) is 5. The Morgan fingerprint density at radius 2 is 1.59 bits per heavy atom. The van der Waals surface area contributed by atoms with E-state index in [1.54, 1.807) is 7.11 Å². The molecule has 4 aromatic rings. The smallest absolute Gasteiger partial charge is 0.182 e. The molecule has 1 atom stereocenters. The van der Waals surface area contributed by atoms with Crippen molar-refractivity contribution < 1.29 is 4.74 Å². The van der Waals surface area contributed by atoms with Crippen LogP contribution in [0.5, 0.6) is 0 Å². The molecule has 1 N–H and O–H groups in total. The Morgan fingerprint density at radius 3 is 2.24 bits per heavy atom. The summed E-state index contributed by atoms with van der Waals surface area (Å²) < 4.78 is 7.36. The predicted molar refractivity (Wildman–Crippen MR) is 138 cm³/mol. The van der Waals surface area contributed by atoms with Gasteiger partial charge in [0.1, 0.15) is 6.23 Å². The Morgan fingerprint density at radius 1 is 0.912 bits per heavy atom. The lowest BCUT2D eigenvalue weighted by Gasteiger charge is -2.38. The Balaban J connectivity index is 1.36. The van der Waals surface area contributed by atoms with Gasteiger partial charge in [0.05, 0.1) is 0 Å². The molecule has 3 heterocycles. The van der Waals surface area contributed by atoms with Crippen LogP contribution in [-0.4, -0.2) is 66.1 Å². The van der Waals surface area contributed by atoms with Gasteiger partial charge >= 0.3 is 0 Å². The van der Waals surface area contributed by atoms with Crippen molar-refractivity contribution in [2.24, 2.45) is 0 Å². The number of fused-ring (bicyclic) bond motifs is 1. The maximum Gasteiger partial charge on any atom is 0.182 e. The Labute approximate surface area is 201 Å². The van der Waals surface area contributed by atoms with Gasteiger partial charge < -0.3 is 15.0 Å². The number of benzene rings is 2. The first-order valence-electron chi connectivity index (χ1n) is 11.8. The van der Waals surface area contributed by atoms with Gasteiger partial charge in [-0.3, -0.25) is 4.90 Å². The van der Waals surface area contributed by atoms with Crippen LogP contribution in [0.15, 0.2) is 60.8 Å². The number of methoxy groups -OCH3 is 1. The summed E-state index contributed by atoms with van der Waals surface area (Å²) in [6.45, 7) is 8.25. The van der Waals surface area contributed by atoms with Crippen molar-refractivity contribution in [2.75, 3.05) is 50.6 Å². The van der Waals surface area contributed by atoms with E-state index in [1.807, 2.05) is 35.8 Å². The van der Waals surface area contributed by atoms with Gasteiger partial charge in [-0.25, -0.2) is 9.50 Å². The summed E-state index contributed by atoms with van der Waals surface area (Å²) in [5, 5.41) is 7.91. The van der Waals surface area contributed by atoms with Crippen LogP contribution in [0.4, 0.5) is 11.4 Å². The van der Waals surface area contributed by atoms with Gasteiger partial charge in [0.15, 0.2) is 11.5 Å². The molecular weight excluding hydrogens is 424 g/mol. The average molecular weight is 457 g/mol. The maximum absolute atomic E-state index is 5.46. The van der Waals surface area contributed by atoms with Crippen molar-refractivity contribution in [3.05, 3.63) is 66.4 Å². The molecule has 0 saturated carbocycles. The number of anilines is 2. The van der Waals surface area contributed by atoms with Crippen LogP contribution in [0.3, 0.4) is 0 Å². The van der Waals surface area contributed by atoms with Crippen LogP contribution >= 0.6 is 0 Å². The van der Waals surface area contributed by atoms with Crippen LogP contribution in [0.1, 0.15) is 12.5 Å². The third-order valence-electron chi connectivity index (χ3n) is 6.78. The summed E-state index contributed by atoms with van der Waals surface area (Å²) in [5.41, 5.74) is 7.65. The number of hydrogen-bond acceptors (Lipinski definition) is 6. The van der Waals surface area contributed by atoms with E-state index >= 15 is 0 Å². The molecule has 7 heteroatoms. The van der Waals surface area contributed by atoms with E-state index in [-0.39, 0.29) is 6.23 Å². The average Bonchev–Trinajstić information content (AvgIpc) is 3.33. The van der Waals surface area contributed by atoms with Gasteiger partial charge in [-0.2, -0.15) is 0 Å². The zero-order valence-corrected chi connectivity index (χ0v) is 20.3. The van der Waals surface area contributed by atoms with E-state index in [0.717, 1.165) is 60.0 Å². The second-order valence-corrected chi connectivity index (χ2v) is 8.85. The minimum atomic E-state index is 0.174. The largest absolute Gasteiger partial charge is 0.388 e. The Bertz CT molecular complexity index is 1260. The molecule has 34 heavy (non-hydrogen) atoms. The van der Waals surface area contributed by atoms with Gasteiger partial charge in [0.25, 0.3) is 0 Å². The van der Waals surface area contributed by atoms with Crippen molar-refractivity contribution in [3.63, 3.8) is 0 Å². The zero-order chi connectivity index (χ0) is 23.7. The minimum Gasteiger partial charge on any atom is -0.388 e. The number of aryl methyl sites for hydroxylation is 1. The third kappa shape index (κ3) is 4.36. The van der Waals surface area contributed by atoms with Crippen LogP contribution in [0, 0.1) is 6.92 Å². The summed E-state index contributed by atoms with van der Waals surface area (Å²) in [7, 11) is 3.69. The SMILES string of the molecule is CNc1ccc(-c2nc3c(C)cc(-c4ccc(N5CCN(C(C)OC)CC5)cc4)cn3n2)cc1. The molecule has 2 aromatic carbocycles. The summed E-state index contributed by atoms with van der Waals surface area (Å²) in [5.74, 6) is 0.736. The first-order valence-corrected chi connectivity index (χ1v) is 11.8. The third-order valence-corrected chi connectivity index (χ3v) is 6.78. The van der Waals surface area contributed by atoms with Gasteiger partial charge in [-0.05, 0) is 67.4 Å². The number of hydrogen-bond donors (Lipinski definition) is 1. The second kappa shape index (κ2) is 9.44. The van der Waals surface area contributed by atoms with Crippen LogP contribution < -0.4 is 10.2 Å². The van der Waals surface area contributed by atoms with E-state index in [9.17, 15) is 0 Å². The molecule has 0 spiro atoms. The summed E-state index contributed by atoms with van der Waals surface area (Å²) in [4.78, 5) is 9.61. The number of nitrogens with one attached hydrogen (secondary N) is 1. The summed E-state index contributed by atoms with van der Waals surface area (Å²) in [6.07, 6.45) is 2.24. The highest BCUT2D eigenvalue weighted by Crippen LogP contribution is 2.27. The van der Waals surface area contributed by atoms with E-state index < -0.39 is 0 Å². The summed E-state index contributed by atoms with van der Waals surface area (Å²) in [6, 6.07) is 19.2. The topological polar surface area (TPSA) is 57.9 Å². The highest BCUT2D eigenvalue weighted by Gasteiger charge is 2.21. The number of aromatic nitrogens is 3. The molecule has 1 unspecified atom stereocenters. The van der Waals surface area contributed by atoms with Crippen molar-refractivity contribution in [3.8, 4) is 22.5 Å². The molecule has 7 nitrogen and oxygen atoms in total. The standard InChI is InChI=1S/C27H32N6O/c1-19-17-23(18-33-27(19)29-26(30-33)22-5-9-24(28-3)10-6-22)21-7-11-25(12-8-21)32-15-13-31(14-16-32)20(2)34-4/h5-12,17-18,20,28H,13-16H2,1-4H3. The van der Waals surface area contributed by atoms with Crippen molar-refractivity contribution >= 4 is 17.0 Å². The summed E-state index contributed by atoms with van der Waals surface area (Å²) >= 11 is 0. The fourth-order valence-corrected chi connectivity index (χ4v) is 4.57. The Hall–Kier alpha value is -3.42. The Kier molecular flexibility index (Phi) is 6.22. The lowest BCUT2D eigenvalue weighted by atomic mass is 10.1. The molecule has 1 aliphatic rings. The lowest BCUT2D eigenvalue weighted by Crippen LogP contribution is -2.50. The van der Waals surface area contributed by atoms with Gasteiger partial charge in [0.2, 0.25) is 0 Å². The predicted octanol–water partition coefficient (Wildman–Crippen LogP) is 4.53. The molecule has 1 aliphatic heterocycles. The van der Waals surface area contributed by atoms with Crippen molar-refractivity contribution in [2.45, 2.75) is 20.1 Å². The zero-order valence-electron chi connectivity index (χ0n) is 20.3. The van der Waals surface area contributed by atoms with Gasteiger partial charge in [-0.1, -0.05) is 12.1 Å². The van der Waals surface area contributed by atoms with E-state index in [2.05, 4.69) is 65.5 Å². The van der Waals surface area contributed by atoms with E-state index in [4.69, 9.17) is 14.8 Å². The fourth-order valence-electron chi connectivity index (χ4n) is 4.57. The number of pyridine rings is 1. The van der Waals surface area contributed by atoms with Gasteiger partial charge in [0, 0.05) is 69.0 Å². The molecule has 176 valence electrons. The molecule has 0 radical (unpaired) electrons. The first-order chi connectivity index (χ1) is 16.6. The first kappa shape index (κ1) is 22.4. The minimum absolute atomic E-state index is 0.174. The highest BCUT2D eigenvalue weighted by molar-refractivity contribution is 5.70. The second-order valence-electron chi connectivity index (χ2n) is 8.85. The normalized spacial score (nSPS) is 15.6. The molecule has 5 rings (SSSR count). The van der Waals surface area contributed by atoms with Crippen LogP contribution in [-0.2, 0) is 4.74 Å². The molecule has 0 amide bonds. The van der Waals surface area contributed by atoms with Crippen LogP contribution in [0.2, 0.25) is 0 Å². The molecule has 0 aliphatic carbocycles.